The minimum absolute atomic E-state index is 0.0908. The summed E-state index contributed by atoms with van der Waals surface area (Å²) in [5.74, 6) is 0.839. The zero-order valence-corrected chi connectivity index (χ0v) is 15.5. The Hall–Kier alpha value is -2.37. The molecule has 6 nitrogen and oxygen atoms in total. The van der Waals surface area contributed by atoms with E-state index in [-0.39, 0.29) is 23.7 Å². The number of aromatic nitrogens is 3. The molecule has 2 aromatic rings. The predicted octanol–water partition coefficient (Wildman–Crippen LogP) is 2.46. The van der Waals surface area contributed by atoms with Crippen LogP contribution in [0.15, 0.2) is 29.1 Å². The van der Waals surface area contributed by atoms with Crippen molar-refractivity contribution in [2.45, 2.75) is 58.0 Å². The molecule has 6 heteroatoms. The van der Waals surface area contributed by atoms with Gasteiger partial charge in [0, 0.05) is 19.5 Å². The normalized spacial score (nSPS) is 20.8. The fourth-order valence-corrected chi connectivity index (χ4v) is 4.12. The van der Waals surface area contributed by atoms with Crippen molar-refractivity contribution in [1.29, 1.82) is 0 Å². The molecule has 0 radical (unpaired) electrons. The Morgan fingerprint density at radius 1 is 1.15 bits per heavy atom. The molecule has 0 saturated carbocycles. The molecule has 0 N–H and O–H groups in total. The zero-order valence-electron chi connectivity index (χ0n) is 15.5. The Morgan fingerprint density at radius 2 is 1.85 bits per heavy atom. The highest BCUT2D eigenvalue weighted by Gasteiger charge is 2.34. The number of aryl methyl sites for hydroxylation is 2. The fourth-order valence-electron chi connectivity index (χ4n) is 4.12. The maximum atomic E-state index is 13.1. The van der Waals surface area contributed by atoms with Gasteiger partial charge in [-0.2, -0.15) is 5.10 Å². The van der Waals surface area contributed by atoms with Crippen molar-refractivity contribution in [2.24, 2.45) is 0 Å². The van der Waals surface area contributed by atoms with Crippen LogP contribution in [-0.4, -0.2) is 38.2 Å². The molecule has 138 valence electrons. The van der Waals surface area contributed by atoms with Gasteiger partial charge in [-0.25, -0.2) is 9.48 Å². The lowest BCUT2D eigenvalue weighted by Gasteiger charge is -2.27. The van der Waals surface area contributed by atoms with Crippen LogP contribution in [0, 0.1) is 6.92 Å². The van der Waals surface area contributed by atoms with Gasteiger partial charge in [0.2, 0.25) is 5.91 Å². The van der Waals surface area contributed by atoms with Gasteiger partial charge in [0.1, 0.15) is 11.9 Å². The number of likely N-dealkylation sites (tertiary alicyclic amines) is 1. The maximum absolute atomic E-state index is 13.1. The Labute approximate surface area is 153 Å². The highest BCUT2D eigenvalue weighted by atomic mass is 16.2. The molecule has 1 saturated heterocycles. The SMILES string of the molecule is Cc1ccc(C(C)n2nc3n(c2=O)[C@H](C(=O)N2CCCC2)CCC3)cc1. The third-order valence-corrected chi connectivity index (χ3v) is 5.72. The first-order valence-electron chi connectivity index (χ1n) is 9.61. The second kappa shape index (κ2) is 6.74. The quantitative estimate of drug-likeness (QED) is 0.851. The molecular formula is C20H26N4O2. The maximum Gasteiger partial charge on any atom is 0.347 e. The van der Waals surface area contributed by atoms with E-state index in [1.807, 2.05) is 43.0 Å². The van der Waals surface area contributed by atoms with Gasteiger partial charge in [-0.1, -0.05) is 29.8 Å². The molecule has 1 aromatic heterocycles. The van der Waals surface area contributed by atoms with E-state index in [1.54, 1.807) is 9.25 Å². The van der Waals surface area contributed by atoms with E-state index in [4.69, 9.17) is 0 Å². The van der Waals surface area contributed by atoms with Crippen molar-refractivity contribution < 1.29 is 4.79 Å². The van der Waals surface area contributed by atoms with Crippen LogP contribution < -0.4 is 5.69 Å². The number of carbonyl (C=O) groups is 1. The van der Waals surface area contributed by atoms with E-state index in [0.29, 0.717) is 0 Å². The first kappa shape index (κ1) is 17.1. The number of nitrogens with zero attached hydrogens (tertiary/aromatic N) is 4. The van der Waals surface area contributed by atoms with Crippen LogP contribution in [0.2, 0.25) is 0 Å². The molecule has 2 atom stereocenters. The lowest BCUT2D eigenvalue weighted by atomic mass is 10.0. The predicted molar refractivity (Wildman–Crippen MR) is 99.3 cm³/mol. The third-order valence-electron chi connectivity index (χ3n) is 5.72. The third kappa shape index (κ3) is 2.87. The largest absolute Gasteiger partial charge is 0.347 e. The van der Waals surface area contributed by atoms with E-state index in [1.165, 1.54) is 5.56 Å². The number of carbonyl (C=O) groups excluding carboxylic acids is 1. The Balaban J connectivity index is 1.68. The monoisotopic (exact) mass is 354 g/mol. The van der Waals surface area contributed by atoms with Gasteiger partial charge >= 0.3 is 5.69 Å². The molecule has 0 aliphatic carbocycles. The van der Waals surface area contributed by atoms with Gasteiger partial charge in [0.05, 0.1) is 6.04 Å². The number of rotatable bonds is 3. The van der Waals surface area contributed by atoms with Gasteiger partial charge in [-0.3, -0.25) is 9.36 Å². The molecule has 1 aromatic carbocycles. The second-order valence-electron chi connectivity index (χ2n) is 7.54. The first-order chi connectivity index (χ1) is 12.6. The van der Waals surface area contributed by atoms with Crippen molar-refractivity contribution in [3.05, 3.63) is 51.7 Å². The molecule has 2 aliphatic rings. The number of hydrogen-bond donors (Lipinski definition) is 0. The summed E-state index contributed by atoms with van der Waals surface area (Å²) in [6, 6.07) is 7.64. The van der Waals surface area contributed by atoms with E-state index >= 15 is 0 Å². The fraction of sp³-hybridized carbons (Fsp3) is 0.550. The summed E-state index contributed by atoms with van der Waals surface area (Å²) >= 11 is 0. The van der Waals surface area contributed by atoms with E-state index < -0.39 is 0 Å². The number of hydrogen-bond acceptors (Lipinski definition) is 3. The average molecular weight is 354 g/mol. The molecule has 0 spiro atoms. The number of fused-ring (bicyclic) bond motifs is 1. The lowest BCUT2D eigenvalue weighted by Crippen LogP contribution is -2.41. The topological polar surface area (TPSA) is 60.1 Å². The summed E-state index contributed by atoms with van der Waals surface area (Å²) in [5.41, 5.74) is 2.08. The molecule has 1 amide bonds. The smallest absolute Gasteiger partial charge is 0.341 e. The van der Waals surface area contributed by atoms with Crippen LogP contribution in [-0.2, 0) is 11.2 Å². The van der Waals surface area contributed by atoms with Crippen molar-refractivity contribution in [3.8, 4) is 0 Å². The average Bonchev–Trinajstić information content (AvgIpc) is 3.30. The van der Waals surface area contributed by atoms with Crippen LogP contribution in [0.1, 0.15) is 61.6 Å². The zero-order chi connectivity index (χ0) is 18.3. The van der Waals surface area contributed by atoms with E-state index in [0.717, 1.165) is 56.6 Å². The van der Waals surface area contributed by atoms with Crippen LogP contribution in [0.3, 0.4) is 0 Å². The van der Waals surface area contributed by atoms with Crippen LogP contribution in [0.4, 0.5) is 0 Å². The van der Waals surface area contributed by atoms with E-state index in [2.05, 4.69) is 5.10 Å². The summed E-state index contributed by atoms with van der Waals surface area (Å²) in [6.45, 7) is 5.66. The number of amides is 1. The highest BCUT2D eigenvalue weighted by Crippen LogP contribution is 2.26. The van der Waals surface area contributed by atoms with Crippen LogP contribution >= 0.6 is 0 Å². The molecule has 1 fully saturated rings. The van der Waals surface area contributed by atoms with Crippen molar-refractivity contribution in [3.63, 3.8) is 0 Å². The number of benzene rings is 1. The Morgan fingerprint density at radius 3 is 2.54 bits per heavy atom. The molecule has 4 rings (SSSR count). The van der Waals surface area contributed by atoms with Crippen LogP contribution in [0.25, 0.3) is 0 Å². The molecule has 0 bridgehead atoms. The van der Waals surface area contributed by atoms with Crippen molar-refractivity contribution in [2.75, 3.05) is 13.1 Å². The van der Waals surface area contributed by atoms with Crippen molar-refractivity contribution >= 4 is 5.91 Å². The van der Waals surface area contributed by atoms with Gasteiger partial charge in [-0.15, -0.1) is 0 Å². The molecular weight excluding hydrogens is 328 g/mol. The van der Waals surface area contributed by atoms with Gasteiger partial charge in [-0.05, 0) is 45.1 Å². The van der Waals surface area contributed by atoms with E-state index in [9.17, 15) is 9.59 Å². The Kier molecular flexibility index (Phi) is 4.42. The molecule has 26 heavy (non-hydrogen) atoms. The lowest BCUT2D eigenvalue weighted by molar-refractivity contribution is -0.134. The first-order valence-corrected chi connectivity index (χ1v) is 9.61. The molecule has 3 heterocycles. The summed E-state index contributed by atoms with van der Waals surface area (Å²) in [7, 11) is 0. The van der Waals surface area contributed by atoms with Gasteiger partial charge in [0.15, 0.2) is 0 Å². The van der Waals surface area contributed by atoms with Gasteiger partial charge in [0.25, 0.3) is 0 Å². The van der Waals surface area contributed by atoms with Crippen molar-refractivity contribution in [1.82, 2.24) is 19.2 Å². The summed E-state index contributed by atoms with van der Waals surface area (Å²) < 4.78 is 3.21. The summed E-state index contributed by atoms with van der Waals surface area (Å²) in [6.07, 6.45) is 4.51. The van der Waals surface area contributed by atoms with Gasteiger partial charge < -0.3 is 4.90 Å². The van der Waals surface area contributed by atoms with Crippen LogP contribution in [0.5, 0.6) is 0 Å². The highest BCUT2D eigenvalue weighted by molar-refractivity contribution is 5.80. The second-order valence-corrected chi connectivity index (χ2v) is 7.54. The minimum Gasteiger partial charge on any atom is -0.341 e. The molecule has 1 unspecified atom stereocenters. The standard InChI is InChI=1S/C20H26N4O2/c1-14-8-10-16(11-9-14)15(2)24-20(26)23-17(6-5-7-18(23)21-24)19(25)22-12-3-4-13-22/h8-11,15,17H,3-7,12-13H2,1-2H3/t15?,17-/m0/s1. The summed E-state index contributed by atoms with van der Waals surface area (Å²) in [4.78, 5) is 28.0. The Bertz CT molecular complexity index is 859. The minimum atomic E-state index is -0.386. The summed E-state index contributed by atoms with van der Waals surface area (Å²) in [5, 5.41) is 4.60. The molecule has 2 aliphatic heterocycles.